The second-order valence-electron chi connectivity index (χ2n) is 7.12. The van der Waals surface area contributed by atoms with E-state index < -0.39 is 0 Å². The van der Waals surface area contributed by atoms with Gasteiger partial charge in [-0.05, 0) is 45.8 Å². The second kappa shape index (κ2) is 13.2. The molecule has 1 aromatic rings. The molecule has 1 aliphatic rings. The molecule has 2 unspecified atom stereocenters. The summed E-state index contributed by atoms with van der Waals surface area (Å²) < 4.78 is 18.9. The van der Waals surface area contributed by atoms with Gasteiger partial charge < -0.3 is 19.1 Å². The van der Waals surface area contributed by atoms with Gasteiger partial charge in [-0.1, -0.05) is 23.9 Å². The normalized spacial score (nSPS) is 16.3. The first-order chi connectivity index (χ1) is 14.5. The predicted octanol–water partition coefficient (Wildman–Crippen LogP) is 3.56. The summed E-state index contributed by atoms with van der Waals surface area (Å²) in [4.78, 5) is 14.2. The third-order valence-electron chi connectivity index (χ3n) is 4.87. The van der Waals surface area contributed by atoms with Crippen molar-refractivity contribution in [3.8, 4) is 0 Å². The zero-order valence-corrected chi connectivity index (χ0v) is 20.0. The molecule has 0 aliphatic carbocycles. The number of carbonyl (C=O) groups excluding carboxylic acids is 1. The van der Waals surface area contributed by atoms with Gasteiger partial charge in [0, 0.05) is 51.3 Å². The zero-order chi connectivity index (χ0) is 21.9. The van der Waals surface area contributed by atoms with E-state index in [9.17, 15) is 4.79 Å². The Kier molecular flexibility index (Phi) is 11.0. The molecule has 2 heterocycles. The van der Waals surface area contributed by atoms with Crippen LogP contribution < -0.4 is 0 Å². The van der Waals surface area contributed by atoms with Crippen molar-refractivity contribution in [3.05, 3.63) is 11.9 Å². The van der Waals surface area contributed by atoms with Crippen LogP contribution in [0.1, 0.15) is 65.0 Å². The van der Waals surface area contributed by atoms with Crippen molar-refractivity contribution in [1.29, 1.82) is 0 Å². The van der Waals surface area contributed by atoms with Crippen LogP contribution in [0.5, 0.6) is 0 Å². The lowest BCUT2D eigenvalue weighted by atomic mass is 10.0. The number of thiocarbonyl (C=S) groups is 1. The monoisotopic (exact) mass is 458 g/mol. The summed E-state index contributed by atoms with van der Waals surface area (Å²) >= 11 is 6.78. The van der Waals surface area contributed by atoms with Crippen molar-refractivity contribution < 1.29 is 19.0 Å². The summed E-state index contributed by atoms with van der Waals surface area (Å²) in [5.41, 5.74) is 0.902. The van der Waals surface area contributed by atoms with Gasteiger partial charge in [0.1, 0.15) is 0 Å². The van der Waals surface area contributed by atoms with Gasteiger partial charge in [-0.2, -0.15) is 0 Å². The number of amides is 1. The van der Waals surface area contributed by atoms with Crippen LogP contribution in [0.2, 0.25) is 0 Å². The smallest absolute Gasteiger partial charge is 0.223 e. The fourth-order valence-corrected chi connectivity index (χ4v) is 4.97. The molecule has 0 N–H and O–H groups in total. The predicted molar refractivity (Wildman–Crippen MR) is 121 cm³/mol. The largest absolute Gasteiger partial charge is 0.479 e. The molecule has 2 rings (SSSR count). The van der Waals surface area contributed by atoms with Crippen LogP contribution in [-0.4, -0.2) is 68.2 Å². The minimum atomic E-state index is -0.230. The van der Waals surface area contributed by atoms with Crippen LogP contribution in [0.4, 0.5) is 0 Å². The van der Waals surface area contributed by atoms with Gasteiger partial charge in [0.25, 0.3) is 0 Å². The Morgan fingerprint density at radius 3 is 2.60 bits per heavy atom. The Labute approximate surface area is 189 Å². The Bertz CT molecular complexity index is 667. The Morgan fingerprint density at radius 1 is 1.27 bits per heavy atom. The molecule has 2 atom stereocenters. The lowest BCUT2D eigenvalue weighted by Gasteiger charge is -2.28. The van der Waals surface area contributed by atoms with E-state index in [0.717, 1.165) is 25.1 Å². The lowest BCUT2D eigenvalue weighted by molar-refractivity contribution is -0.141. The van der Waals surface area contributed by atoms with Crippen LogP contribution in [0.15, 0.2) is 6.20 Å². The maximum absolute atomic E-state index is 12.3. The van der Waals surface area contributed by atoms with Crippen molar-refractivity contribution in [3.63, 3.8) is 0 Å². The lowest BCUT2D eigenvalue weighted by Crippen LogP contribution is -2.35. The molecule has 0 bridgehead atoms. The summed E-state index contributed by atoms with van der Waals surface area (Å²) in [6, 6.07) is 0. The highest BCUT2D eigenvalue weighted by atomic mass is 32.2. The number of ether oxygens (including phenoxy) is 3. The van der Waals surface area contributed by atoms with Gasteiger partial charge >= 0.3 is 0 Å². The average Bonchev–Trinajstić information content (AvgIpc) is 3.35. The Balaban J connectivity index is 1.97. The topological polar surface area (TPSA) is 78.7 Å². The van der Waals surface area contributed by atoms with Gasteiger partial charge in [0.05, 0.1) is 17.7 Å². The first-order valence-electron chi connectivity index (χ1n) is 10.7. The number of thioether (sulfide) groups is 1. The molecule has 1 aromatic heterocycles. The van der Waals surface area contributed by atoms with Crippen LogP contribution in [-0.2, 0) is 25.5 Å². The fourth-order valence-electron chi connectivity index (χ4n) is 3.37. The number of hydrogen-bond acceptors (Lipinski definition) is 8. The molecule has 0 radical (unpaired) electrons. The summed E-state index contributed by atoms with van der Waals surface area (Å²) in [5, 5.41) is 8.56. The summed E-state index contributed by atoms with van der Waals surface area (Å²) in [6.07, 6.45) is 4.68. The number of hydrogen-bond donors (Lipinski definition) is 0. The van der Waals surface area contributed by atoms with E-state index in [1.54, 1.807) is 0 Å². The fraction of sp³-hybridized carbons (Fsp3) is 0.800. The van der Waals surface area contributed by atoms with E-state index >= 15 is 0 Å². The van der Waals surface area contributed by atoms with E-state index in [1.165, 1.54) is 11.8 Å². The summed E-state index contributed by atoms with van der Waals surface area (Å²) in [5.74, 6) is 0.309. The van der Waals surface area contributed by atoms with E-state index in [2.05, 4.69) is 17.2 Å². The number of nitrogens with zero attached hydrogens (tertiary/aromatic N) is 4. The minimum Gasteiger partial charge on any atom is -0.479 e. The first-order valence-corrected chi connectivity index (χ1v) is 12.0. The van der Waals surface area contributed by atoms with E-state index in [4.69, 9.17) is 26.4 Å². The molecule has 1 saturated heterocycles. The molecule has 170 valence electrons. The van der Waals surface area contributed by atoms with Gasteiger partial charge in [-0.25, -0.2) is 0 Å². The minimum absolute atomic E-state index is 0.0560. The SMILES string of the molecule is CCOC(=S)SC(CC(C)c1cn(CCC(OCC)OCC)nn1)N1CCCC1=O. The van der Waals surface area contributed by atoms with Crippen molar-refractivity contribution in [2.75, 3.05) is 26.4 Å². The molecule has 0 aromatic carbocycles. The highest BCUT2D eigenvalue weighted by molar-refractivity contribution is 8.23. The number of aromatic nitrogens is 3. The van der Waals surface area contributed by atoms with Gasteiger partial charge in [-0.15, -0.1) is 5.10 Å². The molecule has 1 fully saturated rings. The van der Waals surface area contributed by atoms with E-state index in [1.807, 2.05) is 36.5 Å². The average molecular weight is 459 g/mol. The summed E-state index contributed by atoms with van der Waals surface area (Å²) in [7, 11) is 0. The van der Waals surface area contributed by atoms with Crippen LogP contribution in [0.3, 0.4) is 0 Å². The Morgan fingerprint density at radius 2 is 2.00 bits per heavy atom. The molecular formula is C20H34N4O4S2. The molecule has 0 saturated carbocycles. The van der Waals surface area contributed by atoms with Crippen molar-refractivity contribution >= 4 is 34.3 Å². The van der Waals surface area contributed by atoms with Gasteiger partial charge in [-0.3, -0.25) is 9.48 Å². The maximum atomic E-state index is 12.3. The highest BCUT2D eigenvalue weighted by Gasteiger charge is 2.31. The molecule has 1 aliphatic heterocycles. The Hall–Kier alpha value is -1.23. The van der Waals surface area contributed by atoms with Crippen LogP contribution in [0, 0.1) is 0 Å². The molecule has 10 heteroatoms. The van der Waals surface area contributed by atoms with Crippen LogP contribution in [0.25, 0.3) is 0 Å². The van der Waals surface area contributed by atoms with Crippen molar-refractivity contribution in [2.45, 2.75) is 77.5 Å². The quantitative estimate of drug-likeness (QED) is 0.328. The van der Waals surface area contributed by atoms with E-state index in [-0.39, 0.29) is 23.5 Å². The third kappa shape index (κ3) is 7.79. The number of likely N-dealkylation sites (tertiary alicyclic amines) is 1. The molecule has 8 nitrogen and oxygen atoms in total. The first kappa shape index (κ1) is 25.0. The van der Waals surface area contributed by atoms with Crippen LogP contribution >= 0.6 is 24.0 Å². The maximum Gasteiger partial charge on any atom is 0.223 e. The van der Waals surface area contributed by atoms with Crippen molar-refractivity contribution in [2.24, 2.45) is 0 Å². The highest BCUT2D eigenvalue weighted by Crippen LogP contribution is 2.31. The second-order valence-corrected chi connectivity index (χ2v) is 8.90. The van der Waals surface area contributed by atoms with Crippen molar-refractivity contribution in [1.82, 2.24) is 19.9 Å². The molecule has 0 spiro atoms. The van der Waals surface area contributed by atoms with Gasteiger partial charge in [0.15, 0.2) is 6.29 Å². The number of rotatable bonds is 13. The molecular weight excluding hydrogens is 424 g/mol. The zero-order valence-electron chi connectivity index (χ0n) is 18.4. The van der Waals surface area contributed by atoms with E-state index in [0.29, 0.717) is 43.6 Å². The summed E-state index contributed by atoms with van der Waals surface area (Å²) in [6.45, 7) is 11.1. The van der Waals surface area contributed by atoms with Gasteiger partial charge in [0.2, 0.25) is 10.3 Å². The number of carbonyl (C=O) groups is 1. The molecule has 1 amide bonds. The molecule has 30 heavy (non-hydrogen) atoms. The standard InChI is InChI=1S/C20H34N4O4S2/c1-5-26-19(27-6-2)10-12-23-14-16(21-22-23)15(4)13-18(30-20(29)28-7-3)24-11-8-9-17(24)25/h14-15,18-19H,5-13H2,1-4H3. The third-order valence-corrected chi connectivity index (χ3v) is 6.30. The number of aryl methyl sites for hydroxylation is 1.